The molecule has 6 heteroatoms. The van der Waals surface area contributed by atoms with Gasteiger partial charge in [-0.15, -0.1) is 0 Å². The number of anilines is 1. The summed E-state index contributed by atoms with van der Waals surface area (Å²) in [5.74, 6) is 0.202. The Hall–Kier alpha value is -2.08. The molecule has 110 valence electrons. The topological polar surface area (TPSA) is 66.1 Å². The average Bonchev–Trinajstić information content (AvgIpc) is 2.46. The summed E-state index contributed by atoms with van der Waals surface area (Å²) in [4.78, 5) is 32.0. The van der Waals surface area contributed by atoms with Crippen molar-refractivity contribution in [2.45, 2.75) is 25.0 Å². The Morgan fingerprint density at radius 1 is 1.29 bits per heavy atom. The Morgan fingerprint density at radius 3 is 2.62 bits per heavy atom. The number of amides is 1. The van der Waals surface area contributed by atoms with Gasteiger partial charge in [0.25, 0.3) is 5.56 Å². The number of H-pyrrole nitrogens is 1. The van der Waals surface area contributed by atoms with E-state index in [0.29, 0.717) is 5.16 Å². The largest absolute Gasteiger partial charge is 0.309 e. The van der Waals surface area contributed by atoms with Crippen molar-refractivity contribution in [2.75, 3.05) is 10.7 Å². The first kappa shape index (κ1) is 15.3. The summed E-state index contributed by atoms with van der Waals surface area (Å²) in [6, 6.07) is 10.9. The molecule has 1 aromatic carbocycles. The number of thioether (sulfide) groups is 1. The Bertz CT molecular complexity index is 655. The van der Waals surface area contributed by atoms with Gasteiger partial charge in [0.15, 0.2) is 5.16 Å². The van der Waals surface area contributed by atoms with Gasteiger partial charge in [-0.1, -0.05) is 30.0 Å². The standard InChI is InChI=1S/C15H17N3O2S/c1-11(2)18(12-6-4-3-5-7-12)14(20)10-21-15-16-9-8-13(19)17-15/h3-9,11H,10H2,1-2H3,(H,16,17,19). The minimum Gasteiger partial charge on any atom is -0.309 e. The lowest BCUT2D eigenvalue weighted by Crippen LogP contribution is -2.38. The second-order valence-corrected chi connectivity index (χ2v) is 5.69. The number of rotatable bonds is 5. The number of nitrogens with one attached hydrogen (secondary N) is 1. The molecule has 0 spiro atoms. The van der Waals surface area contributed by atoms with Crippen LogP contribution in [0.2, 0.25) is 0 Å². The normalized spacial score (nSPS) is 10.6. The molecule has 0 aliphatic carbocycles. The fraction of sp³-hybridized carbons (Fsp3) is 0.267. The van der Waals surface area contributed by atoms with Crippen molar-refractivity contribution in [1.29, 1.82) is 0 Å². The van der Waals surface area contributed by atoms with Gasteiger partial charge in [-0.05, 0) is 26.0 Å². The summed E-state index contributed by atoms with van der Waals surface area (Å²) in [7, 11) is 0. The zero-order chi connectivity index (χ0) is 15.2. The number of para-hydroxylation sites is 1. The van der Waals surface area contributed by atoms with E-state index in [4.69, 9.17) is 0 Å². The van der Waals surface area contributed by atoms with Crippen LogP contribution in [0, 0.1) is 0 Å². The Balaban J connectivity index is 2.08. The lowest BCUT2D eigenvalue weighted by molar-refractivity contribution is -0.116. The number of carbonyl (C=O) groups excluding carboxylic acids is 1. The van der Waals surface area contributed by atoms with Gasteiger partial charge in [0.05, 0.1) is 5.75 Å². The first-order chi connectivity index (χ1) is 10.1. The van der Waals surface area contributed by atoms with E-state index in [-0.39, 0.29) is 23.3 Å². The molecule has 0 saturated carbocycles. The van der Waals surface area contributed by atoms with Crippen molar-refractivity contribution in [3.8, 4) is 0 Å². The van der Waals surface area contributed by atoms with E-state index < -0.39 is 0 Å². The van der Waals surface area contributed by atoms with Crippen LogP contribution in [0.4, 0.5) is 5.69 Å². The van der Waals surface area contributed by atoms with Gasteiger partial charge in [0.1, 0.15) is 0 Å². The van der Waals surface area contributed by atoms with Gasteiger partial charge < -0.3 is 9.88 Å². The van der Waals surface area contributed by atoms with Gasteiger partial charge in [-0.3, -0.25) is 9.59 Å². The summed E-state index contributed by atoms with van der Waals surface area (Å²) in [6.45, 7) is 3.94. The Kier molecular flexibility index (Phi) is 5.16. The second kappa shape index (κ2) is 7.08. The highest BCUT2D eigenvalue weighted by Gasteiger charge is 2.19. The lowest BCUT2D eigenvalue weighted by Gasteiger charge is -2.26. The summed E-state index contributed by atoms with van der Waals surface area (Å²) in [5.41, 5.74) is 0.649. The Morgan fingerprint density at radius 2 is 2.00 bits per heavy atom. The molecule has 0 radical (unpaired) electrons. The summed E-state index contributed by atoms with van der Waals surface area (Å²) in [6.07, 6.45) is 1.43. The quantitative estimate of drug-likeness (QED) is 0.680. The first-order valence-corrected chi connectivity index (χ1v) is 7.61. The maximum absolute atomic E-state index is 12.4. The highest BCUT2D eigenvalue weighted by Crippen LogP contribution is 2.19. The van der Waals surface area contributed by atoms with Crippen LogP contribution in [0.5, 0.6) is 0 Å². The minimum atomic E-state index is -0.219. The van der Waals surface area contributed by atoms with Crippen molar-refractivity contribution in [3.05, 3.63) is 52.9 Å². The number of aromatic nitrogens is 2. The molecule has 0 aliphatic heterocycles. The average molecular weight is 303 g/mol. The predicted molar refractivity (Wildman–Crippen MR) is 84.6 cm³/mol. The zero-order valence-electron chi connectivity index (χ0n) is 11.9. The van der Waals surface area contributed by atoms with Gasteiger partial charge >= 0.3 is 0 Å². The zero-order valence-corrected chi connectivity index (χ0v) is 12.8. The van der Waals surface area contributed by atoms with Crippen LogP contribution in [0.15, 0.2) is 52.5 Å². The van der Waals surface area contributed by atoms with E-state index in [2.05, 4.69) is 9.97 Å². The molecule has 5 nitrogen and oxygen atoms in total. The molecule has 0 fully saturated rings. The van der Waals surface area contributed by atoms with E-state index in [1.54, 1.807) is 4.90 Å². The molecular formula is C15H17N3O2S. The molecule has 0 atom stereocenters. The summed E-state index contributed by atoms with van der Waals surface area (Å²) < 4.78 is 0. The van der Waals surface area contributed by atoms with E-state index in [9.17, 15) is 9.59 Å². The fourth-order valence-electron chi connectivity index (χ4n) is 1.94. The molecule has 0 aliphatic rings. The monoisotopic (exact) mass is 303 g/mol. The molecule has 0 unspecified atom stereocenters. The van der Waals surface area contributed by atoms with Crippen molar-refractivity contribution in [2.24, 2.45) is 0 Å². The molecule has 21 heavy (non-hydrogen) atoms. The minimum absolute atomic E-state index is 0.0206. The van der Waals surface area contributed by atoms with E-state index in [0.717, 1.165) is 5.69 Å². The molecule has 1 N–H and O–H groups in total. The number of benzene rings is 1. The van der Waals surface area contributed by atoms with Crippen LogP contribution in [0.25, 0.3) is 0 Å². The van der Waals surface area contributed by atoms with E-state index in [1.165, 1.54) is 24.0 Å². The number of aromatic amines is 1. The van der Waals surface area contributed by atoms with Gasteiger partial charge in [0, 0.05) is 24.0 Å². The van der Waals surface area contributed by atoms with Crippen LogP contribution in [0.3, 0.4) is 0 Å². The smallest absolute Gasteiger partial charge is 0.251 e. The van der Waals surface area contributed by atoms with Gasteiger partial charge in [-0.25, -0.2) is 4.98 Å². The van der Waals surface area contributed by atoms with Gasteiger partial charge in [-0.2, -0.15) is 0 Å². The SMILES string of the molecule is CC(C)N(C(=O)CSc1nccc(=O)[nH]1)c1ccccc1. The van der Waals surface area contributed by atoms with Crippen LogP contribution in [-0.2, 0) is 4.79 Å². The maximum Gasteiger partial charge on any atom is 0.251 e. The molecule has 0 saturated heterocycles. The van der Waals surface area contributed by atoms with Crippen LogP contribution in [-0.4, -0.2) is 27.7 Å². The van der Waals surface area contributed by atoms with Crippen LogP contribution < -0.4 is 10.5 Å². The van der Waals surface area contributed by atoms with Crippen molar-refractivity contribution in [3.63, 3.8) is 0 Å². The first-order valence-electron chi connectivity index (χ1n) is 6.63. The fourth-order valence-corrected chi connectivity index (χ4v) is 2.65. The molecule has 2 aromatic rings. The number of nitrogens with zero attached hydrogens (tertiary/aromatic N) is 2. The third-order valence-corrected chi connectivity index (χ3v) is 3.67. The maximum atomic E-state index is 12.4. The molecule has 0 bridgehead atoms. The summed E-state index contributed by atoms with van der Waals surface area (Å²) in [5, 5.41) is 0.451. The lowest BCUT2D eigenvalue weighted by atomic mass is 10.2. The molecule has 1 heterocycles. The third kappa shape index (κ3) is 4.19. The van der Waals surface area contributed by atoms with Crippen LogP contribution >= 0.6 is 11.8 Å². The number of carbonyl (C=O) groups is 1. The van der Waals surface area contributed by atoms with Gasteiger partial charge in [0.2, 0.25) is 5.91 Å². The number of hydrogen-bond acceptors (Lipinski definition) is 4. The third-order valence-electron chi connectivity index (χ3n) is 2.80. The number of hydrogen-bond donors (Lipinski definition) is 1. The molecule has 1 amide bonds. The van der Waals surface area contributed by atoms with Crippen molar-refractivity contribution in [1.82, 2.24) is 9.97 Å². The van der Waals surface area contributed by atoms with Crippen molar-refractivity contribution >= 4 is 23.4 Å². The highest BCUT2D eigenvalue weighted by atomic mass is 32.2. The molecule has 1 aromatic heterocycles. The molecular weight excluding hydrogens is 286 g/mol. The predicted octanol–water partition coefficient (Wildman–Crippen LogP) is 2.30. The Labute approximate surface area is 127 Å². The van der Waals surface area contributed by atoms with E-state index >= 15 is 0 Å². The second-order valence-electron chi connectivity index (χ2n) is 4.72. The summed E-state index contributed by atoms with van der Waals surface area (Å²) >= 11 is 1.23. The van der Waals surface area contributed by atoms with Crippen molar-refractivity contribution < 1.29 is 4.79 Å². The molecule has 2 rings (SSSR count). The van der Waals surface area contributed by atoms with E-state index in [1.807, 2.05) is 44.2 Å². The van der Waals surface area contributed by atoms with Crippen LogP contribution in [0.1, 0.15) is 13.8 Å². The highest BCUT2D eigenvalue weighted by molar-refractivity contribution is 7.99.